The Labute approximate surface area is 118 Å². The molecular formula is C16H18NO3. The van der Waals surface area contributed by atoms with E-state index in [-0.39, 0.29) is 18.3 Å². The van der Waals surface area contributed by atoms with E-state index >= 15 is 0 Å². The monoisotopic (exact) mass is 272 g/mol. The molecule has 105 valence electrons. The number of rotatable bonds is 3. The minimum atomic E-state index is -0.493. The molecule has 0 unspecified atom stereocenters. The van der Waals surface area contributed by atoms with Crippen LogP contribution in [0.25, 0.3) is 10.9 Å². The molecule has 0 saturated heterocycles. The summed E-state index contributed by atoms with van der Waals surface area (Å²) in [6, 6.07) is 7.17. The van der Waals surface area contributed by atoms with Gasteiger partial charge in [-0.25, -0.2) is 0 Å². The molecule has 1 aromatic heterocycles. The first-order valence-electron chi connectivity index (χ1n) is 6.43. The van der Waals surface area contributed by atoms with Crippen LogP contribution in [0.5, 0.6) is 0 Å². The lowest BCUT2D eigenvalue weighted by molar-refractivity contribution is -0.155. The van der Waals surface area contributed by atoms with Gasteiger partial charge in [0.2, 0.25) is 0 Å². The second-order valence-corrected chi connectivity index (χ2v) is 5.73. The lowest BCUT2D eigenvalue weighted by Gasteiger charge is -2.19. The third-order valence-corrected chi connectivity index (χ3v) is 2.81. The topological polar surface area (TPSA) is 48.3 Å². The molecule has 0 atom stereocenters. The molecule has 0 saturated carbocycles. The zero-order valence-corrected chi connectivity index (χ0v) is 12.0. The number of carbonyl (C=O) groups excluding carboxylic acids is 2. The fourth-order valence-corrected chi connectivity index (χ4v) is 2.02. The largest absolute Gasteiger partial charge is 0.459 e. The molecule has 0 aliphatic carbocycles. The second-order valence-electron chi connectivity index (χ2n) is 5.73. The van der Waals surface area contributed by atoms with Crippen LogP contribution in [0.2, 0.25) is 0 Å². The smallest absolute Gasteiger partial charge is 0.326 e. The molecule has 0 amide bonds. The standard InChI is InChI=1S/C16H18NO3/c1-11(18)12-5-6-14-13(9-12)7-8-17(14)10-15(19)20-16(2,3)4/h5-9H,1,10H2,2-4H3. The number of hydrogen-bond donors (Lipinski definition) is 0. The van der Waals surface area contributed by atoms with Gasteiger partial charge in [-0.05, 0) is 45.0 Å². The van der Waals surface area contributed by atoms with E-state index in [1.807, 2.05) is 39.1 Å². The number of nitrogens with zero attached hydrogens (tertiary/aromatic N) is 1. The van der Waals surface area contributed by atoms with E-state index in [2.05, 4.69) is 6.92 Å². The van der Waals surface area contributed by atoms with Gasteiger partial charge in [0.1, 0.15) is 12.1 Å². The Kier molecular flexibility index (Phi) is 3.66. The Hall–Kier alpha value is -2.10. The SMILES string of the molecule is [CH2]C(=O)c1ccc2c(ccn2CC(=O)OC(C)(C)C)c1. The first-order chi connectivity index (χ1) is 9.26. The molecule has 2 rings (SSSR count). The van der Waals surface area contributed by atoms with Crippen molar-refractivity contribution in [3.63, 3.8) is 0 Å². The van der Waals surface area contributed by atoms with Crippen molar-refractivity contribution in [3.8, 4) is 0 Å². The second kappa shape index (κ2) is 5.12. The Morgan fingerprint density at radius 1 is 1.25 bits per heavy atom. The zero-order valence-electron chi connectivity index (χ0n) is 12.0. The predicted molar refractivity (Wildman–Crippen MR) is 77.5 cm³/mol. The summed E-state index contributed by atoms with van der Waals surface area (Å²) >= 11 is 0. The number of ether oxygens (including phenoxy) is 1. The Balaban J connectivity index is 2.24. The maximum atomic E-state index is 11.8. The van der Waals surface area contributed by atoms with E-state index in [1.165, 1.54) is 0 Å². The van der Waals surface area contributed by atoms with Crippen LogP contribution in [-0.4, -0.2) is 21.9 Å². The van der Waals surface area contributed by atoms with E-state index < -0.39 is 5.60 Å². The number of ketones is 1. The van der Waals surface area contributed by atoms with Crippen molar-refractivity contribution < 1.29 is 14.3 Å². The molecule has 1 heterocycles. The maximum Gasteiger partial charge on any atom is 0.326 e. The van der Waals surface area contributed by atoms with Crippen molar-refractivity contribution in [1.29, 1.82) is 0 Å². The van der Waals surface area contributed by atoms with E-state index in [1.54, 1.807) is 16.7 Å². The first-order valence-corrected chi connectivity index (χ1v) is 6.43. The Morgan fingerprint density at radius 3 is 2.55 bits per heavy atom. The van der Waals surface area contributed by atoms with Gasteiger partial charge in [-0.3, -0.25) is 9.59 Å². The molecule has 20 heavy (non-hydrogen) atoms. The van der Waals surface area contributed by atoms with Crippen LogP contribution in [0.4, 0.5) is 0 Å². The van der Waals surface area contributed by atoms with E-state index in [4.69, 9.17) is 4.74 Å². The molecule has 2 aromatic rings. The normalized spacial score (nSPS) is 11.6. The van der Waals surface area contributed by atoms with Gasteiger partial charge in [-0.1, -0.05) is 0 Å². The number of fused-ring (bicyclic) bond motifs is 1. The van der Waals surface area contributed by atoms with Crippen LogP contribution in [0.1, 0.15) is 31.1 Å². The van der Waals surface area contributed by atoms with Crippen molar-refractivity contribution >= 4 is 22.7 Å². The summed E-state index contributed by atoms with van der Waals surface area (Å²) in [5.74, 6) is -0.501. The molecule has 0 aliphatic heterocycles. The lowest BCUT2D eigenvalue weighted by atomic mass is 10.1. The molecular weight excluding hydrogens is 254 g/mol. The van der Waals surface area contributed by atoms with Crippen LogP contribution in [0.15, 0.2) is 30.5 Å². The summed E-state index contributed by atoms with van der Waals surface area (Å²) < 4.78 is 7.10. The fraction of sp³-hybridized carbons (Fsp3) is 0.312. The van der Waals surface area contributed by atoms with Crippen LogP contribution >= 0.6 is 0 Å². The average Bonchev–Trinajstić information content (AvgIpc) is 2.69. The summed E-state index contributed by atoms with van der Waals surface area (Å²) in [5.41, 5.74) is 0.960. The van der Waals surface area contributed by atoms with Gasteiger partial charge in [0.05, 0.1) is 0 Å². The van der Waals surface area contributed by atoms with Gasteiger partial charge in [0, 0.05) is 29.6 Å². The van der Waals surface area contributed by atoms with Crippen molar-refractivity contribution in [2.45, 2.75) is 32.9 Å². The number of esters is 1. The van der Waals surface area contributed by atoms with Crippen molar-refractivity contribution in [3.05, 3.63) is 42.9 Å². The van der Waals surface area contributed by atoms with Gasteiger partial charge >= 0.3 is 5.97 Å². The van der Waals surface area contributed by atoms with E-state index in [0.717, 1.165) is 10.9 Å². The van der Waals surface area contributed by atoms with Crippen LogP contribution in [0.3, 0.4) is 0 Å². The van der Waals surface area contributed by atoms with E-state index in [0.29, 0.717) is 5.56 Å². The van der Waals surface area contributed by atoms with Gasteiger partial charge in [0.25, 0.3) is 0 Å². The third-order valence-electron chi connectivity index (χ3n) is 2.81. The van der Waals surface area contributed by atoms with Crippen molar-refractivity contribution in [1.82, 2.24) is 4.57 Å². The number of Topliss-reactive ketones (excluding diaryl/α,β-unsaturated/α-hetero) is 1. The fourth-order valence-electron chi connectivity index (χ4n) is 2.02. The summed E-state index contributed by atoms with van der Waals surface area (Å²) in [6.45, 7) is 9.06. The van der Waals surface area contributed by atoms with Crippen LogP contribution in [0, 0.1) is 6.92 Å². The molecule has 0 N–H and O–H groups in total. The molecule has 0 spiro atoms. The minimum Gasteiger partial charge on any atom is -0.459 e. The lowest BCUT2D eigenvalue weighted by Crippen LogP contribution is -2.26. The maximum absolute atomic E-state index is 11.8. The highest BCUT2D eigenvalue weighted by atomic mass is 16.6. The summed E-state index contributed by atoms with van der Waals surface area (Å²) in [5, 5.41) is 0.906. The van der Waals surface area contributed by atoms with E-state index in [9.17, 15) is 9.59 Å². The highest BCUT2D eigenvalue weighted by Crippen LogP contribution is 2.18. The van der Waals surface area contributed by atoms with Crippen LogP contribution < -0.4 is 0 Å². The number of carbonyl (C=O) groups is 2. The van der Waals surface area contributed by atoms with Gasteiger partial charge < -0.3 is 9.30 Å². The highest BCUT2D eigenvalue weighted by molar-refractivity contribution is 6.02. The zero-order chi connectivity index (χ0) is 14.9. The average molecular weight is 272 g/mol. The Morgan fingerprint density at radius 2 is 1.95 bits per heavy atom. The molecule has 4 heteroatoms. The van der Waals surface area contributed by atoms with Gasteiger partial charge in [-0.2, -0.15) is 0 Å². The third kappa shape index (κ3) is 3.26. The molecule has 0 fully saturated rings. The quantitative estimate of drug-likeness (QED) is 0.637. The molecule has 1 aromatic carbocycles. The van der Waals surface area contributed by atoms with Gasteiger partial charge in [-0.15, -0.1) is 0 Å². The summed E-state index contributed by atoms with van der Waals surface area (Å²) in [6.07, 6.45) is 1.81. The van der Waals surface area contributed by atoms with Crippen molar-refractivity contribution in [2.75, 3.05) is 0 Å². The molecule has 0 bridgehead atoms. The van der Waals surface area contributed by atoms with Crippen molar-refractivity contribution in [2.24, 2.45) is 0 Å². The predicted octanol–water partition coefficient (Wildman–Crippen LogP) is 3.00. The summed E-state index contributed by atoms with van der Waals surface area (Å²) in [7, 11) is 0. The molecule has 1 radical (unpaired) electrons. The molecule has 4 nitrogen and oxygen atoms in total. The Bertz CT molecular complexity index is 662. The number of hydrogen-bond acceptors (Lipinski definition) is 3. The highest BCUT2D eigenvalue weighted by Gasteiger charge is 2.17. The number of aromatic nitrogens is 1. The minimum absolute atomic E-state index is 0.151. The summed E-state index contributed by atoms with van der Waals surface area (Å²) in [4.78, 5) is 23.1. The van der Waals surface area contributed by atoms with Gasteiger partial charge in [0.15, 0.2) is 5.78 Å². The molecule has 0 aliphatic rings. The van der Waals surface area contributed by atoms with Crippen LogP contribution in [-0.2, 0) is 16.1 Å². The number of benzene rings is 1. The first kappa shape index (κ1) is 14.3.